The van der Waals surface area contributed by atoms with Gasteiger partial charge >= 0.3 is 0 Å². The Morgan fingerprint density at radius 1 is 1.07 bits per heavy atom. The van der Waals surface area contributed by atoms with E-state index in [1.165, 1.54) is 5.56 Å². The number of carbonyl (C=O) groups is 1. The number of nitrogens with one attached hydrogen (secondary N) is 1. The smallest absolute Gasteiger partial charge is 0.255 e. The molecule has 2 aromatic carbocycles. The number of aliphatic hydroxyl groups excluding tert-OH is 1. The van der Waals surface area contributed by atoms with E-state index in [4.69, 9.17) is 9.47 Å². The monoisotopic (exact) mass is 369 g/mol. The molecule has 0 atom stereocenters. The van der Waals surface area contributed by atoms with Gasteiger partial charge in [-0.15, -0.1) is 0 Å². The van der Waals surface area contributed by atoms with E-state index in [1.54, 1.807) is 14.2 Å². The number of carbonyl (C=O) groups excluding carboxylic acids is 1. The lowest BCUT2D eigenvalue weighted by molar-refractivity contribution is -0.115. The highest BCUT2D eigenvalue weighted by molar-refractivity contribution is 6.19. The molecule has 0 aliphatic rings. The van der Waals surface area contributed by atoms with E-state index in [2.05, 4.69) is 19.2 Å². The first-order chi connectivity index (χ1) is 13.0. The van der Waals surface area contributed by atoms with Crippen LogP contribution in [0.4, 0.5) is 0 Å². The summed E-state index contributed by atoms with van der Waals surface area (Å²) in [5.41, 5.74) is 3.14. The van der Waals surface area contributed by atoms with Crippen LogP contribution in [0.1, 0.15) is 36.5 Å². The van der Waals surface area contributed by atoms with Crippen LogP contribution in [0, 0.1) is 0 Å². The minimum atomic E-state index is -0.310. The van der Waals surface area contributed by atoms with Crippen molar-refractivity contribution in [2.45, 2.75) is 26.2 Å². The van der Waals surface area contributed by atoms with Gasteiger partial charge in [0.1, 0.15) is 0 Å². The molecule has 2 N–H and O–H groups in total. The van der Waals surface area contributed by atoms with Gasteiger partial charge in [-0.1, -0.05) is 44.2 Å². The molecule has 0 aliphatic carbocycles. The molecule has 144 valence electrons. The average molecular weight is 369 g/mol. The Bertz CT molecular complexity index is 794. The number of aliphatic hydroxyl groups is 1. The number of hydrogen-bond acceptors (Lipinski definition) is 4. The molecule has 0 unspecified atom stereocenters. The van der Waals surface area contributed by atoms with Gasteiger partial charge in [-0.3, -0.25) is 4.79 Å². The summed E-state index contributed by atoms with van der Waals surface area (Å²) >= 11 is 0. The van der Waals surface area contributed by atoms with Crippen LogP contribution in [0.2, 0.25) is 0 Å². The third kappa shape index (κ3) is 5.26. The molecule has 0 fully saturated rings. The molecule has 2 rings (SSSR count). The summed E-state index contributed by atoms with van der Waals surface area (Å²) in [6.45, 7) is 4.66. The normalized spacial score (nSPS) is 11.4. The number of rotatable bonds is 8. The van der Waals surface area contributed by atoms with Gasteiger partial charge in [-0.25, -0.2) is 0 Å². The largest absolute Gasteiger partial charge is 0.515 e. The lowest BCUT2D eigenvalue weighted by Gasteiger charge is -2.11. The van der Waals surface area contributed by atoms with Gasteiger partial charge in [0.25, 0.3) is 5.91 Å². The second-order valence-corrected chi connectivity index (χ2v) is 6.51. The predicted molar refractivity (Wildman–Crippen MR) is 107 cm³/mol. The molecular weight excluding hydrogens is 342 g/mol. The van der Waals surface area contributed by atoms with Gasteiger partial charge in [0.05, 0.1) is 26.1 Å². The minimum absolute atomic E-state index is 0.248. The van der Waals surface area contributed by atoms with Crippen LogP contribution in [0.15, 0.2) is 48.7 Å². The van der Waals surface area contributed by atoms with Gasteiger partial charge in [0.2, 0.25) is 0 Å². The summed E-state index contributed by atoms with van der Waals surface area (Å²) in [6.07, 6.45) is 1.49. The molecule has 1 amide bonds. The summed E-state index contributed by atoms with van der Waals surface area (Å²) < 4.78 is 10.5. The third-order valence-corrected chi connectivity index (χ3v) is 4.41. The van der Waals surface area contributed by atoms with E-state index in [-0.39, 0.29) is 11.5 Å². The molecule has 0 saturated carbocycles. The first-order valence-electron chi connectivity index (χ1n) is 8.94. The van der Waals surface area contributed by atoms with E-state index >= 15 is 0 Å². The highest BCUT2D eigenvalue weighted by Gasteiger charge is 2.13. The molecule has 0 bridgehead atoms. The molecule has 0 heterocycles. The van der Waals surface area contributed by atoms with Crippen molar-refractivity contribution in [2.75, 3.05) is 20.8 Å². The molecule has 0 radical (unpaired) electrons. The first-order valence-corrected chi connectivity index (χ1v) is 8.94. The van der Waals surface area contributed by atoms with E-state index in [0.717, 1.165) is 11.8 Å². The zero-order valence-electron chi connectivity index (χ0n) is 16.3. The Balaban J connectivity index is 1.97. The van der Waals surface area contributed by atoms with Crippen molar-refractivity contribution < 1.29 is 19.4 Å². The van der Waals surface area contributed by atoms with Gasteiger partial charge < -0.3 is 19.9 Å². The summed E-state index contributed by atoms with van der Waals surface area (Å²) in [6, 6.07) is 13.3. The van der Waals surface area contributed by atoms with E-state index in [9.17, 15) is 9.90 Å². The minimum Gasteiger partial charge on any atom is -0.515 e. The molecule has 0 spiro atoms. The van der Waals surface area contributed by atoms with Crippen molar-refractivity contribution >= 4 is 11.5 Å². The van der Waals surface area contributed by atoms with Gasteiger partial charge in [-0.05, 0) is 41.2 Å². The topological polar surface area (TPSA) is 67.8 Å². The molecule has 2 aromatic rings. The van der Waals surface area contributed by atoms with E-state index in [0.29, 0.717) is 35.9 Å². The summed E-state index contributed by atoms with van der Waals surface area (Å²) in [5.74, 6) is 1.43. The van der Waals surface area contributed by atoms with Crippen LogP contribution < -0.4 is 14.8 Å². The molecule has 5 heteroatoms. The van der Waals surface area contributed by atoms with Crippen LogP contribution in [-0.2, 0) is 11.2 Å². The summed E-state index contributed by atoms with van der Waals surface area (Å²) in [7, 11) is 3.18. The fourth-order valence-corrected chi connectivity index (χ4v) is 2.76. The van der Waals surface area contributed by atoms with Gasteiger partial charge in [0, 0.05) is 6.54 Å². The predicted octanol–water partition coefficient (Wildman–Crippen LogP) is 4.09. The maximum absolute atomic E-state index is 12.4. The Morgan fingerprint density at radius 2 is 1.74 bits per heavy atom. The number of hydrogen-bond donors (Lipinski definition) is 2. The van der Waals surface area contributed by atoms with Crippen molar-refractivity contribution in [3.63, 3.8) is 0 Å². The molecule has 0 saturated heterocycles. The maximum Gasteiger partial charge on any atom is 0.255 e. The highest BCUT2D eigenvalue weighted by Crippen LogP contribution is 2.27. The summed E-state index contributed by atoms with van der Waals surface area (Å²) in [4.78, 5) is 12.4. The Hall–Kier alpha value is -2.95. The zero-order chi connectivity index (χ0) is 19.8. The lowest BCUT2D eigenvalue weighted by atomic mass is 9.99. The molecule has 0 aliphatic heterocycles. The van der Waals surface area contributed by atoms with E-state index < -0.39 is 0 Å². The second kappa shape index (κ2) is 9.67. The Labute approximate surface area is 160 Å². The Kier molecular flexibility index (Phi) is 7.29. The lowest BCUT2D eigenvalue weighted by Crippen LogP contribution is -2.26. The quantitative estimate of drug-likeness (QED) is 0.543. The van der Waals surface area contributed by atoms with Gasteiger partial charge in [-0.2, -0.15) is 0 Å². The van der Waals surface area contributed by atoms with Crippen LogP contribution in [-0.4, -0.2) is 31.8 Å². The molecule has 5 nitrogen and oxygen atoms in total. The van der Waals surface area contributed by atoms with Crippen molar-refractivity contribution in [3.8, 4) is 11.5 Å². The fraction of sp³-hybridized carbons (Fsp3) is 0.318. The molecule has 27 heavy (non-hydrogen) atoms. The average Bonchev–Trinajstić information content (AvgIpc) is 2.68. The zero-order valence-corrected chi connectivity index (χ0v) is 16.3. The van der Waals surface area contributed by atoms with Gasteiger partial charge in [0.15, 0.2) is 11.5 Å². The highest BCUT2D eigenvalue weighted by atomic mass is 16.5. The van der Waals surface area contributed by atoms with E-state index in [1.807, 2.05) is 42.5 Å². The summed E-state index contributed by atoms with van der Waals surface area (Å²) in [5, 5.41) is 12.4. The van der Waals surface area contributed by atoms with Crippen LogP contribution in [0.5, 0.6) is 11.5 Å². The van der Waals surface area contributed by atoms with Crippen molar-refractivity contribution in [1.29, 1.82) is 0 Å². The fourth-order valence-electron chi connectivity index (χ4n) is 2.76. The van der Waals surface area contributed by atoms with Crippen LogP contribution in [0.25, 0.3) is 5.57 Å². The molecular formula is C22H27NO4. The third-order valence-electron chi connectivity index (χ3n) is 4.41. The number of ether oxygens (including phenoxy) is 2. The first kappa shape index (κ1) is 20.4. The SMILES string of the molecule is COc1ccc(CCNC(=O)C(=CO)c2ccc(C(C)C)cc2)cc1OC. The standard InChI is InChI=1S/C22H27NO4/c1-15(2)17-6-8-18(9-7-17)19(14-24)22(25)23-12-11-16-5-10-20(26-3)21(13-16)27-4/h5-10,13-15,24H,11-12H2,1-4H3,(H,23,25). The number of amides is 1. The van der Waals surface area contributed by atoms with Crippen LogP contribution in [0.3, 0.4) is 0 Å². The number of methoxy groups -OCH3 is 2. The maximum atomic E-state index is 12.4. The van der Waals surface area contributed by atoms with Crippen molar-refractivity contribution in [1.82, 2.24) is 5.32 Å². The van der Waals surface area contributed by atoms with Crippen LogP contribution >= 0.6 is 0 Å². The van der Waals surface area contributed by atoms with Crippen molar-refractivity contribution in [2.24, 2.45) is 0 Å². The number of benzene rings is 2. The van der Waals surface area contributed by atoms with Crippen molar-refractivity contribution in [3.05, 3.63) is 65.4 Å². The molecule has 0 aromatic heterocycles. The Morgan fingerprint density at radius 3 is 2.30 bits per heavy atom. The second-order valence-electron chi connectivity index (χ2n) is 6.51.